The van der Waals surface area contributed by atoms with Crippen LogP contribution in [0.3, 0.4) is 0 Å². The molecule has 1 atom stereocenters. The van der Waals surface area contributed by atoms with Gasteiger partial charge in [0.05, 0.1) is 29.6 Å². The van der Waals surface area contributed by atoms with Gasteiger partial charge in [0.15, 0.2) is 0 Å². The number of hydrogen-bond acceptors (Lipinski definition) is 5. The molecule has 0 aliphatic heterocycles. The molecular formula is C28H37FN4O. The maximum atomic E-state index is 13.1. The molecule has 0 aromatic heterocycles. The molecule has 1 rings (SSSR count). The van der Waals surface area contributed by atoms with E-state index in [9.17, 15) is 14.9 Å². The van der Waals surface area contributed by atoms with Crippen LogP contribution in [0, 0.1) is 30.1 Å². The lowest BCUT2D eigenvalue weighted by atomic mass is 9.92. The van der Waals surface area contributed by atoms with E-state index in [2.05, 4.69) is 48.8 Å². The van der Waals surface area contributed by atoms with Gasteiger partial charge < -0.3 is 0 Å². The summed E-state index contributed by atoms with van der Waals surface area (Å²) in [5.41, 5.74) is 8.19. The molecule has 0 heterocycles. The van der Waals surface area contributed by atoms with Crippen molar-refractivity contribution < 1.29 is 9.60 Å². The molecule has 182 valence electrons. The van der Waals surface area contributed by atoms with Gasteiger partial charge in [0.1, 0.15) is 6.67 Å². The number of alkyl halides is 1. The summed E-state index contributed by atoms with van der Waals surface area (Å²) in [5, 5.41) is 20.3. The summed E-state index contributed by atoms with van der Waals surface area (Å²) < 4.78 is 13.1. The number of hydrazine groups is 1. The number of aryl methyl sites for hydroxylation is 1. The Bertz CT molecular complexity index is 1020. The van der Waals surface area contributed by atoms with Gasteiger partial charge in [-0.25, -0.2) is 9.82 Å². The molecule has 0 fully saturated rings. The molecule has 6 heteroatoms. The first-order chi connectivity index (χ1) is 16.4. The SMILES string of the molecule is C=C\C(=C/N=C(CCC)\C(C)=C(/C#CCCC)c1ccc(C#N)cc1C)N(O)NC(CC)CF. The monoisotopic (exact) mass is 464 g/mol. The van der Waals surface area contributed by atoms with Gasteiger partial charge in [0.2, 0.25) is 0 Å². The number of halogens is 1. The third-order valence-electron chi connectivity index (χ3n) is 5.30. The Labute approximate surface area is 204 Å². The van der Waals surface area contributed by atoms with Crippen molar-refractivity contribution in [3.63, 3.8) is 0 Å². The Balaban J connectivity index is 3.57. The Morgan fingerprint density at radius 3 is 2.59 bits per heavy atom. The Morgan fingerprint density at radius 1 is 1.32 bits per heavy atom. The van der Waals surface area contributed by atoms with Crippen molar-refractivity contribution in [2.24, 2.45) is 4.99 Å². The smallest absolute Gasteiger partial charge is 0.107 e. The van der Waals surface area contributed by atoms with Crippen molar-refractivity contribution in [3.8, 4) is 17.9 Å². The van der Waals surface area contributed by atoms with E-state index in [0.29, 0.717) is 24.1 Å². The van der Waals surface area contributed by atoms with E-state index in [1.54, 1.807) is 6.07 Å². The molecule has 0 saturated carbocycles. The van der Waals surface area contributed by atoms with Crippen molar-refractivity contribution >= 4 is 11.3 Å². The fourth-order valence-electron chi connectivity index (χ4n) is 3.20. The summed E-state index contributed by atoms with van der Waals surface area (Å²) in [6, 6.07) is 7.27. The normalized spacial score (nSPS) is 13.4. The zero-order valence-electron chi connectivity index (χ0n) is 21.1. The maximum Gasteiger partial charge on any atom is 0.107 e. The fraction of sp³-hybridized carbons (Fsp3) is 0.429. The summed E-state index contributed by atoms with van der Waals surface area (Å²) in [4.78, 5) is 4.67. The zero-order chi connectivity index (χ0) is 25.5. The van der Waals surface area contributed by atoms with E-state index >= 15 is 0 Å². The summed E-state index contributed by atoms with van der Waals surface area (Å²) in [7, 11) is 0. The third-order valence-corrected chi connectivity index (χ3v) is 5.30. The lowest BCUT2D eigenvalue weighted by molar-refractivity contribution is -0.111. The van der Waals surface area contributed by atoms with Gasteiger partial charge in [-0.1, -0.05) is 51.7 Å². The Kier molecular flexibility index (Phi) is 13.2. The van der Waals surface area contributed by atoms with Crippen LogP contribution in [-0.4, -0.2) is 28.8 Å². The molecule has 1 unspecified atom stereocenters. The van der Waals surface area contributed by atoms with Crippen LogP contribution in [-0.2, 0) is 0 Å². The van der Waals surface area contributed by atoms with Crippen molar-refractivity contribution in [2.45, 2.75) is 72.8 Å². The third kappa shape index (κ3) is 8.63. The lowest BCUT2D eigenvalue weighted by Crippen LogP contribution is -2.42. The van der Waals surface area contributed by atoms with Gasteiger partial charge in [0, 0.05) is 17.7 Å². The largest absolute Gasteiger partial charge is 0.273 e. The topological polar surface area (TPSA) is 71.7 Å². The first-order valence-electron chi connectivity index (χ1n) is 11.8. The molecule has 1 aromatic carbocycles. The lowest BCUT2D eigenvalue weighted by Gasteiger charge is -2.23. The minimum absolute atomic E-state index is 0.307. The van der Waals surface area contributed by atoms with E-state index in [-0.39, 0.29) is 0 Å². The molecule has 0 bridgehead atoms. The van der Waals surface area contributed by atoms with Gasteiger partial charge >= 0.3 is 0 Å². The number of hydroxylamine groups is 1. The highest BCUT2D eigenvalue weighted by atomic mass is 19.1. The Hall–Kier alpha value is -3.19. The number of nitrogens with zero attached hydrogens (tertiary/aromatic N) is 3. The number of nitrogens with one attached hydrogen (secondary N) is 1. The molecule has 0 radical (unpaired) electrons. The Morgan fingerprint density at radius 2 is 2.06 bits per heavy atom. The van der Waals surface area contributed by atoms with Crippen LogP contribution in [0.15, 0.2) is 53.3 Å². The van der Waals surface area contributed by atoms with Crippen LogP contribution in [0.2, 0.25) is 0 Å². The minimum atomic E-state index is -0.603. The minimum Gasteiger partial charge on any atom is -0.273 e. The van der Waals surface area contributed by atoms with Gasteiger partial charge in [-0.2, -0.15) is 10.4 Å². The van der Waals surface area contributed by atoms with Crippen molar-refractivity contribution in [1.29, 1.82) is 5.26 Å². The summed E-state index contributed by atoms with van der Waals surface area (Å²) in [6.07, 6.45) is 6.82. The van der Waals surface area contributed by atoms with Crippen molar-refractivity contribution in [2.75, 3.05) is 6.67 Å². The first-order valence-corrected chi connectivity index (χ1v) is 11.8. The zero-order valence-corrected chi connectivity index (χ0v) is 21.1. The van der Waals surface area contributed by atoms with E-state index in [4.69, 9.17) is 0 Å². The maximum absolute atomic E-state index is 13.1. The molecule has 0 amide bonds. The van der Waals surface area contributed by atoms with Crippen LogP contribution >= 0.6 is 0 Å². The van der Waals surface area contributed by atoms with Gasteiger partial charge in [-0.05, 0) is 68.0 Å². The number of aliphatic imine (C=N–C) groups is 1. The molecule has 0 saturated heterocycles. The molecule has 0 aliphatic carbocycles. The molecule has 2 N–H and O–H groups in total. The number of allylic oxidation sites excluding steroid dienone is 3. The van der Waals surface area contributed by atoms with Crippen LogP contribution in [0.25, 0.3) is 5.57 Å². The van der Waals surface area contributed by atoms with Gasteiger partial charge in [-0.3, -0.25) is 10.2 Å². The van der Waals surface area contributed by atoms with Crippen LogP contribution in [0.5, 0.6) is 0 Å². The van der Waals surface area contributed by atoms with E-state index < -0.39 is 12.7 Å². The summed E-state index contributed by atoms with van der Waals surface area (Å²) in [5.74, 6) is 6.57. The molecule has 0 aliphatic rings. The summed E-state index contributed by atoms with van der Waals surface area (Å²) in [6.45, 7) is 13.1. The van der Waals surface area contributed by atoms with E-state index in [1.165, 1.54) is 12.3 Å². The first kappa shape index (κ1) is 28.8. The van der Waals surface area contributed by atoms with Crippen LogP contribution in [0.4, 0.5) is 4.39 Å². The molecule has 0 spiro atoms. The van der Waals surface area contributed by atoms with Crippen LogP contribution < -0.4 is 5.43 Å². The highest BCUT2D eigenvalue weighted by Gasteiger charge is 2.14. The molecular weight excluding hydrogens is 427 g/mol. The predicted octanol–water partition coefficient (Wildman–Crippen LogP) is 6.66. The number of unbranched alkanes of at least 4 members (excludes halogenated alkanes) is 1. The van der Waals surface area contributed by atoms with E-state index in [1.807, 2.05) is 32.9 Å². The standard InChI is InChI=1S/C28H37FN4O/c1-7-11-12-14-27(26-16-15-23(19-30)17-21(26)5)22(6)28(13-8-2)31-20-25(10-4)33(34)32-24(9-3)18-29/h10,15-17,20,24,32,34H,4,7-9,11,13,18H2,1-3,5-6H3/b25-20+,27-22+,31-28-. The second-order valence-electron chi connectivity index (χ2n) is 7.98. The quantitative estimate of drug-likeness (QED) is 0.157. The summed E-state index contributed by atoms with van der Waals surface area (Å²) >= 11 is 0. The van der Waals surface area contributed by atoms with E-state index in [0.717, 1.165) is 52.4 Å². The average Bonchev–Trinajstić information content (AvgIpc) is 2.84. The van der Waals surface area contributed by atoms with Crippen molar-refractivity contribution in [1.82, 2.24) is 10.6 Å². The molecule has 34 heavy (non-hydrogen) atoms. The van der Waals surface area contributed by atoms with Gasteiger partial charge in [0.25, 0.3) is 0 Å². The number of hydrogen-bond donors (Lipinski definition) is 2. The average molecular weight is 465 g/mol. The van der Waals surface area contributed by atoms with Crippen LogP contribution in [0.1, 0.15) is 76.5 Å². The predicted molar refractivity (Wildman–Crippen MR) is 139 cm³/mol. The second-order valence-corrected chi connectivity index (χ2v) is 7.98. The number of rotatable bonds is 12. The number of nitriles is 1. The van der Waals surface area contributed by atoms with Gasteiger partial charge in [-0.15, -0.1) is 0 Å². The second kappa shape index (κ2) is 15.6. The fourth-order valence-corrected chi connectivity index (χ4v) is 3.20. The van der Waals surface area contributed by atoms with Crippen molar-refractivity contribution in [3.05, 3.63) is 65.0 Å². The molecule has 1 aromatic rings. The number of benzene rings is 1. The highest BCUT2D eigenvalue weighted by Crippen LogP contribution is 2.25. The highest BCUT2D eigenvalue weighted by molar-refractivity contribution is 6.09. The molecule has 5 nitrogen and oxygen atoms in total.